The fourth-order valence-electron chi connectivity index (χ4n) is 0.887. The molecule has 12 heavy (non-hydrogen) atoms. The third-order valence-corrected chi connectivity index (χ3v) is 1.64. The molecule has 0 aromatic carbocycles. The Hall–Kier alpha value is -1.32. The van der Waals surface area contributed by atoms with E-state index < -0.39 is 0 Å². The smallest absolute Gasteiger partial charge is 0.314 e. The van der Waals surface area contributed by atoms with Crippen LogP contribution in [0.5, 0.6) is 0 Å². The van der Waals surface area contributed by atoms with Crippen LogP contribution in [0.25, 0.3) is 0 Å². The number of hydrogen-bond acceptors (Lipinski definition) is 4. The van der Waals surface area contributed by atoms with E-state index >= 15 is 0 Å². The summed E-state index contributed by atoms with van der Waals surface area (Å²) in [4.78, 5) is 11.0. The van der Waals surface area contributed by atoms with Gasteiger partial charge in [-0.1, -0.05) is 5.16 Å². The maximum absolute atomic E-state index is 11.0. The average molecular weight is 169 g/mol. The topological polar surface area (TPSA) is 52.3 Å². The van der Waals surface area contributed by atoms with E-state index in [1.54, 1.807) is 19.9 Å². The van der Waals surface area contributed by atoms with Crippen LogP contribution in [0, 0.1) is 6.92 Å². The van der Waals surface area contributed by atoms with E-state index in [4.69, 9.17) is 4.52 Å². The van der Waals surface area contributed by atoms with Crippen LogP contribution in [0.3, 0.4) is 0 Å². The zero-order valence-electron chi connectivity index (χ0n) is 7.33. The lowest BCUT2D eigenvalue weighted by Crippen LogP contribution is -2.10. The van der Waals surface area contributed by atoms with Gasteiger partial charge in [-0.2, -0.15) is 0 Å². The molecule has 1 rings (SSSR count). The molecule has 1 aromatic rings. The maximum atomic E-state index is 11.0. The molecule has 0 bridgehead atoms. The molecule has 4 nitrogen and oxygen atoms in total. The van der Waals surface area contributed by atoms with Crippen molar-refractivity contribution in [2.45, 2.75) is 19.8 Å². The van der Waals surface area contributed by atoms with Crippen molar-refractivity contribution < 1.29 is 14.1 Å². The number of ether oxygens (including phenoxy) is 1. The lowest BCUT2D eigenvalue weighted by molar-refractivity contribution is -0.142. The van der Waals surface area contributed by atoms with Crippen molar-refractivity contribution in [3.8, 4) is 0 Å². The van der Waals surface area contributed by atoms with Crippen LogP contribution in [0.2, 0.25) is 0 Å². The molecule has 1 atom stereocenters. The van der Waals surface area contributed by atoms with Crippen LogP contribution in [0.4, 0.5) is 0 Å². The zero-order valence-corrected chi connectivity index (χ0v) is 7.33. The average Bonchev–Trinajstić information content (AvgIpc) is 2.49. The minimum atomic E-state index is -0.354. The second-order valence-corrected chi connectivity index (χ2v) is 2.61. The summed E-state index contributed by atoms with van der Waals surface area (Å²) >= 11 is 0. The first kappa shape index (κ1) is 8.77. The third kappa shape index (κ3) is 1.64. The van der Waals surface area contributed by atoms with E-state index in [-0.39, 0.29) is 11.9 Å². The van der Waals surface area contributed by atoms with Crippen molar-refractivity contribution in [1.82, 2.24) is 5.16 Å². The molecule has 1 aromatic heterocycles. The molecule has 0 fully saturated rings. The van der Waals surface area contributed by atoms with Gasteiger partial charge in [0, 0.05) is 6.07 Å². The Kier molecular flexibility index (Phi) is 2.47. The summed E-state index contributed by atoms with van der Waals surface area (Å²) in [6.45, 7) is 3.50. The molecular weight excluding hydrogens is 158 g/mol. The Morgan fingerprint density at radius 3 is 2.83 bits per heavy atom. The molecule has 1 heterocycles. The van der Waals surface area contributed by atoms with Crippen LogP contribution in [-0.4, -0.2) is 18.2 Å². The van der Waals surface area contributed by atoms with Crippen molar-refractivity contribution in [3.05, 3.63) is 17.5 Å². The van der Waals surface area contributed by atoms with E-state index in [0.717, 1.165) is 0 Å². The second kappa shape index (κ2) is 3.38. The number of carbonyl (C=O) groups excluding carboxylic acids is 1. The number of aryl methyl sites for hydroxylation is 1. The molecule has 0 aliphatic heterocycles. The fraction of sp³-hybridized carbons (Fsp3) is 0.500. The molecule has 1 unspecified atom stereocenters. The molecule has 0 saturated heterocycles. The van der Waals surface area contributed by atoms with Crippen LogP contribution in [0.15, 0.2) is 10.6 Å². The monoisotopic (exact) mass is 169 g/mol. The molecular formula is C8H11NO3. The van der Waals surface area contributed by atoms with E-state index in [1.165, 1.54) is 7.11 Å². The van der Waals surface area contributed by atoms with Crippen LogP contribution < -0.4 is 0 Å². The largest absolute Gasteiger partial charge is 0.469 e. The van der Waals surface area contributed by atoms with Crippen molar-refractivity contribution in [1.29, 1.82) is 0 Å². The number of nitrogens with zero attached hydrogens (tertiary/aromatic N) is 1. The maximum Gasteiger partial charge on any atom is 0.314 e. The number of aromatic nitrogens is 1. The highest BCUT2D eigenvalue weighted by Crippen LogP contribution is 2.15. The highest BCUT2D eigenvalue weighted by Gasteiger charge is 2.18. The molecule has 0 saturated carbocycles. The third-order valence-electron chi connectivity index (χ3n) is 1.64. The number of carbonyl (C=O) groups is 1. The van der Waals surface area contributed by atoms with Crippen molar-refractivity contribution in [3.63, 3.8) is 0 Å². The Morgan fingerprint density at radius 1 is 1.75 bits per heavy atom. The predicted molar refractivity (Wildman–Crippen MR) is 41.7 cm³/mol. The second-order valence-electron chi connectivity index (χ2n) is 2.61. The first-order valence-corrected chi connectivity index (χ1v) is 3.66. The summed E-state index contributed by atoms with van der Waals surface area (Å²) in [5.41, 5.74) is 0.611. The minimum absolute atomic E-state index is 0.302. The highest BCUT2D eigenvalue weighted by atomic mass is 16.5. The summed E-state index contributed by atoms with van der Waals surface area (Å²) in [7, 11) is 1.35. The summed E-state index contributed by atoms with van der Waals surface area (Å²) < 4.78 is 9.38. The predicted octanol–water partition coefficient (Wildman–Crippen LogP) is 1.26. The van der Waals surface area contributed by atoms with Gasteiger partial charge in [0.25, 0.3) is 0 Å². The Balaban J connectivity index is 2.77. The van der Waals surface area contributed by atoms with Gasteiger partial charge in [0.2, 0.25) is 0 Å². The lowest BCUT2D eigenvalue weighted by atomic mass is 10.1. The molecule has 0 spiro atoms. The first-order valence-electron chi connectivity index (χ1n) is 3.66. The van der Waals surface area contributed by atoms with E-state index in [1.807, 2.05) is 0 Å². The van der Waals surface area contributed by atoms with Crippen LogP contribution in [0.1, 0.15) is 24.3 Å². The molecule has 4 heteroatoms. The molecule has 66 valence electrons. The van der Waals surface area contributed by atoms with Crippen LogP contribution in [-0.2, 0) is 9.53 Å². The van der Waals surface area contributed by atoms with Crippen molar-refractivity contribution in [2.75, 3.05) is 7.11 Å². The van der Waals surface area contributed by atoms with Gasteiger partial charge in [0.15, 0.2) is 0 Å². The normalized spacial score (nSPS) is 12.6. The number of esters is 1. The Morgan fingerprint density at radius 2 is 2.42 bits per heavy atom. The quantitative estimate of drug-likeness (QED) is 0.625. The van der Waals surface area contributed by atoms with E-state index in [2.05, 4.69) is 9.89 Å². The molecule has 0 aliphatic carbocycles. The SMILES string of the molecule is COC(=O)C(C)c1cc(C)on1. The van der Waals surface area contributed by atoms with Gasteiger partial charge in [-0.25, -0.2) is 0 Å². The van der Waals surface area contributed by atoms with Gasteiger partial charge in [-0.05, 0) is 13.8 Å². The molecule has 0 aliphatic rings. The summed E-state index contributed by atoms with van der Waals surface area (Å²) in [6, 6.07) is 1.72. The number of hydrogen-bond donors (Lipinski definition) is 0. The van der Waals surface area contributed by atoms with E-state index in [0.29, 0.717) is 11.5 Å². The van der Waals surface area contributed by atoms with Gasteiger partial charge in [0.05, 0.1) is 18.7 Å². The van der Waals surface area contributed by atoms with Gasteiger partial charge in [-0.3, -0.25) is 4.79 Å². The highest BCUT2D eigenvalue weighted by molar-refractivity contribution is 5.76. The molecule has 0 radical (unpaired) electrons. The Bertz CT molecular complexity index is 280. The van der Waals surface area contributed by atoms with Crippen molar-refractivity contribution in [2.24, 2.45) is 0 Å². The van der Waals surface area contributed by atoms with Gasteiger partial charge < -0.3 is 9.26 Å². The first-order chi connectivity index (χ1) is 5.65. The van der Waals surface area contributed by atoms with Crippen LogP contribution >= 0.6 is 0 Å². The standard InChI is InChI=1S/C8H11NO3/c1-5-4-7(9-12-5)6(2)8(10)11-3/h4,6H,1-3H3. The summed E-state index contributed by atoms with van der Waals surface area (Å²) in [5.74, 6) is 0.0384. The summed E-state index contributed by atoms with van der Waals surface area (Å²) in [6.07, 6.45) is 0. The Labute approximate surface area is 70.5 Å². The summed E-state index contributed by atoms with van der Waals surface area (Å²) in [5, 5.41) is 3.71. The van der Waals surface area contributed by atoms with Gasteiger partial charge in [-0.15, -0.1) is 0 Å². The molecule has 0 amide bonds. The van der Waals surface area contributed by atoms with Gasteiger partial charge >= 0.3 is 5.97 Å². The lowest BCUT2D eigenvalue weighted by Gasteiger charge is -2.03. The van der Waals surface area contributed by atoms with E-state index in [9.17, 15) is 4.79 Å². The fourth-order valence-corrected chi connectivity index (χ4v) is 0.887. The zero-order chi connectivity index (χ0) is 9.14. The van der Waals surface area contributed by atoms with Crippen molar-refractivity contribution >= 4 is 5.97 Å². The number of methoxy groups -OCH3 is 1. The number of rotatable bonds is 2. The molecule has 0 N–H and O–H groups in total. The van der Waals surface area contributed by atoms with Gasteiger partial charge in [0.1, 0.15) is 5.76 Å². The minimum Gasteiger partial charge on any atom is -0.469 e.